The van der Waals surface area contributed by atoms with Crippen molar-refractivity contribution >= 4 is 29.1 Å². The third-order valence-corrected chi connectivity index (χ3v) is 4.93. The van der Waals surface area contributed by atoms with E-state index >= 15 is 0 Å². The summed E-state index contributed by atoms with van der Waals surface area (Å²) < 4.78 is 1.79. The van der Waals surface area contributed by atoms with E-state index in [1.54, 1.807) is 23.0 Å². The Bertz CT molecular complexity index is 998. The van der Waals surface area contributed by atoms with Gasteiger partial charge in [-0.15, -0.1) is 0 Å². The van der Waals surface area contributed by atoms with Crippen molar-refractivity contribution in [3.05, 3.63) is 63.9 Å². The summed E-state index contributed by atoms with van der Waals surface area (Å²) in [5.74, 6) is 0.334. The van der Waals surface area contributed by atoms with E-state index < -0.39 is 0 Å². The fourth-order valence-electron chi connectivity index (χ4n) is 2.99. The van der Waals surface area contributed by atoms with Gasteiger partial charge in [-0.2, -0.15) is 0 Å². The Labute approximate surface area is 153 Å². The number of carbonyl (C=O) groups is 1. The zero-order valence-electron chi connectivity index (χ0n) is 13.0. The number of carbonyl (C=O) groups excluding carboxylic acids is 1. The number of fused-ring (bicyclic) bond motifs is 1. The summed E-state index contributed by atoms with van der Waals surface area (Å²) in [5, 5.41) is 13.3. The molecule has 0 saturated heterocycles. The van der Waals surface area contributed by atoms with Crippen LogP contribution >= 0.6 is 23.2 Å². The van der Waals surface area contributed by atoms with E-state index in [1.807, 2.05) is 18.2 Å². The van der Waals surface area contributed by atoms with Gasteiger partial charge in [-0.1, -0.05) is 29.3 Å². The quantitative estimate of drug-likeness (QED) is 0.716. The van der Waals surface area contributed by atoms with Crippen LogP contribution in [0.25, 0.3) is 17.1 Å². The number of nitrogens with one attached hydrogen (secondary N) is 1. The van der Waals surface area contributed by atoms with E-state index in [0.29, 0.717) is 28.5 Å². The Morgan fingerprint density at radius 1 is 1.20 bits per heavy atom. The molecule has 1 aromatic heterocycles. The van der Waals surface area contributed by atoms with Crippen LogP contribution in [0, 0.1) is 0 Å². The number of benzene rings is 2. The SMILES string of the molecule is O=C1NCCc2ccc(-n3ccnc3-c3c(Cl)ccc(O)c3Cl)cc21. The van der Waals surface area contributed by atoms with Gasteiger partial charge in [-0.05, 0) is 36.2 Å². The average molecular weight is 374 g/mol. The number of hydrogen-bond donors (Lipinski definition) is 2. The van der Waals surface area contributed by atoms with Gasteiger partial charge >= 0.3 is 0 Å². The molecule has 126 valence electrons. The van der Waals surface area contributed by atoms with Crippen molar-refractivity contribution in [2.24, 2.45) is 0 Å². The monoisotopic (exact) mass is 373 g/mol. The number of imidazole rings is 1. The molecular weight excluding hydrogens is 361 g/mol. The average Bonchev–Trinajstić information content (AvgIpc) is 3.08. The summed E-state index contributed by atoms with van der Waals surface area (Å²) in [5.41, 5.74) is 2.87. The first kappa shape index (κ1) is 16.0. The number of rotatable bonds is 2. The normalized spacial score (nSPS) is 13.4. The lowest BCUT2D eigenvalue weighted by atomic mass is 9.99. The molecule has 0 spiro atoms. The lowest BCUT2D eigenvalue weighted by molar-refractivity contribution is 0.0946. The lowest BCUT2D eigenvalue weighted by Crippen LogP contribution is -2.31. The zero-order valence-corrected chi connectivity index (χ0v) is 14.5. The highest BCUT2D eigenvalue weighted by Crippen LogP contribution is 2.40. The molecule has 5 nitrogen and oxygen atoms in total. The van der Waals surface area contributed by atoms with Crippen molar-refractivity contribution in [2.75, 3.05) is 6.54 Å². The maximum atomic E-state index is 12.1. The third kappa shape index (κ3) is 2.65. The molecule has 2 N–H and O–H groups in total. The van der Waals surface area contributed by atoms with Crippen LogP contribution < -0.4 is 5.32 Å². The van der Waals surface area contributed by atoms with E-state index in [4.69, 9.17) is 23.2 Å². The molecule has 3 aromatic rings. The van der Waals surface area contributed by atoms with Crippen molar-refractivity contribution in [1.82, 2.24) is 14.9 Å². The van der Waals surface area contributed by atoms with Crippen molar-refractivity contribution < 1.29 is 9.90 Å². The fraction of sp³-hybridized carbons (Fsp3) is 0.111. The van der Waals surface area contributed by atoms with Gasteiger partial charge in [0.05, 0.1) is 15.6 Å². The second-order valence-corrected chi connectivity index (χ2v) is 6.51. The van der Waals surface area contributed by atoms with E-state index in [1.165, 1.54) is 6.07 Å². The van der Waals surface area contributed by atoms with Crippen LogP contribution in [0.3, 0.4) is 0 Å². The van der Waals surface area contributed by atoms with Gasteiger partial charge in [0.25, 0.3) is 5.91 Å². The molecule has 2 aromatic carbocycles. The number of halogens is 2. The minimum absolute atomic E-state index is 0.0690. The van der Waals surface area contributed by atoms with Gasteiger partial charge in [-0.25, -0.2) is 4.98 Å². The lowest BCUT2D eigenvalue weighted by Gasteiger charge is -2.18. The van der Waals surface area contributed by atoms with Gasteiger partial charge in [0.1, 0.15) is 11.6 Å². The third-order valence-electron chi connectivity index (χ3n) is 4.23. The molecule has 0 unspecified atom stereocenters. The molecule has 1 amide bonds. The molecule has 0 aliphatic carbocycles. The van der Waals surface area contributed by atoms with E-state index in [2.05, 4.69) is 10.3 Å². The summed E-state index contributed by atoms with van der Waals surface area (Å²) >= 11 is 12.5. The minimum atomic E-state index is -0.0850. The molecule has 2 heterocycles. The van der Waals surface area contributed by atoms with Gasteiger partial charge in [0.2, 0.25) is 0 Å². The Hall–Kier alpha value is -2.50. The molecule has 1 aliphatic heterocycles. The standard InChI is InChI=1S/C18H13Cl2N3O2/c19-13-3-4-14(24)16(20)15(13)17-21-7-8-23(17)11-2-1-10-5-6-22-18(25)12(10)9-11/h1-4,7-9,24H,5-6H2,(H,22,25). The molecular formula is C18H13Cl2N3O2. The molecule has 25 heavy (non-hydrogen) atoms. The summed E-state index contributed by atoms with van der Waals surface area (Å²) in [7, 11) is 0. The molecule has 0 saturated carbocycles. The van der Waals surface area contributed by atoms with Gasteiger partial charge < -0.3 is 10.4 Å². The fourth-order valence-corrected chi connectivity index (χ4v) is 3.53. The molecule has 7 heteroatoms. The maximum absolute atomic E-state index is 12.1. The topological polar surface area (TPSA) is 67.2 Å². The first-order chi connectivity index (χ1) is 12.1. The van der Waals surface area contributed by atoms with Gasteiger partial charge in [0, 0.05) is 30.2 Å². The van der Waals surface area contributed by atoms with Crippen molar-refractivity contribution in [1.29, 1.82) is 0 Å². The van der Waals surface area contributed by atoms with E-state index in [-0.39, 0.29) is 16.7 Å². The van der Waals surface area contributed by atoms with Gasteiger partial charge in [-0.3, -0.25) is 9.36 Å². The van der Waals surface area contributed by atoms with E-state index in [9.17, 15) is 9.90 Å². The first-order valence-corrected chi connectivity index (χ1v) is 8.44. The highest BCUT2D eigenvalue weighted by Gasteiger charge is 2.20. The maximum Gasteiger partial charge on any atom is 0.251 e. The first-order valence-electron chi connectivity index (χ1n) is 7.68. The van der Waals surface area contributed by atoms with Crippen LogP contribution in [0.15, 0.2) is 42.7 Å². The van der Waals surface area contributed by atoms with Crippen molar-refractivity contribution in [3.8, 4) is 22.8 Å². The molecule has 4 rings (SSSR count). The van der Waals surface area contributed by atoms with E-state index in [0.717, 1.165) is 17.7 Å². The van der Waals surface area contributed by atoms with Crippen LogP contribution in [-0.2, 0) is 6.42 Å². The largest absolute Gasteiger partial charge is 0.506 e. The molecule has 1 aliphatic rings. The van der Waals surface area contributed by atoms with Crippen molar-refractivity contribution in [2.45, 2.75) is 6.42 Å². The van der Waals surface area contributed by atoms with Crippen LogP contribution in [0.5, 0.6) is 5.75 Å². The molecule has 0 atom stereocenters. The highest BCUT2D eigenvalue weighted by molar-refractivity contribution is 6.39. The minimum Gasteiger partial charge on any atom is -0.506 e. The predicted octanol–water partition coefficient (Wildman–Crippen LogP) is 3.84. The molecule has 0 bridgehead atoms. The smallest absolute Gasteiger partial charge is 0.251 e. The second kappa shape index (κ2) is 6.10. The predicted molar refractivity (Wildman–Crippen MR) is 96.7 cm³/mol. The van der Waals surface area contributed by atoms with Crippen molar-refractivity contribution in [3.63, 3.8) is 0 Å². The number of hydrogen-bond acceptors (Lipinski definition) is 3. The Balaban J connectivity index is 1.88. The Kier molecular flexibility index (Phi) is 3.90. The van der Waals surface area contributed by atoms with Crippen LogP contribution in [-0.4, -0.2) is 27.1 Å². The van der Waals surface area contributed by atoms with Gasteiger partial charge in [0.15, 0.2) is 0 Å². The highest BCUT2D eigenvalue weighted by atomic mass is 35.5. The number of aromatic hydroxyl groups is 1. The van der Waals surface area contributed by atoms with Crippen LogP contribution in [0.1, 0.15) is 15.9 Å². The molecule has 0 radical (unpaired) electrons. The summed E-state index contributed by atoms with van der Waals surface area (Å²) in [6.45, 7) is 0.649. The van der Waals surface area contributed by atoms with Crippen LogP contribution in [0.4, 0.5) is 0 Å². The number of aromatic nitrogens is 2. The summed E-state index contributed by atoms with van der Waals surface area (Å²) in [4.78, 5) is 16.4. The number of amides is 1. The second-order valence-electron chi connectivity index (χ2n) is 5.72. The Morgan fingerprint density at radius 2 is 2.04 bits per heavy atom. The number of phenolic OH excluding ortho intramolecular Hbond substituents is 1. The zero-order chi connectivity index (χ0) is 17.6. The number of nitrogens with zero attached hydrogens (tertiary/aromatic N) is 2. The van der Waals surface area contributed by atoms with Crippen LogP contribution in [0.2, 0.25) is 10.0 Å². The summed E-state index contributed by atoms with van der Waals surface area (Å²) in [6, 6.07) is 8.69. The number of phenols is 1. The summed E-state index contributed by atoms with van der Waals surface area (Å²) in [6.07, 6.45) is 4.18. The molecule has 0 fully saturated rings. The Morgan fingerprint density at radius 3 is 2.88 bits per heavy atom.